The fourth-order valence-electron chi connectivity index (χ4n) is 2.19. The van der Waals surface area contributed by atoms with Gasteiger partial charge in [-0.3, -0.25) is 0 Å². The van der Waals surface area contributed by atoms with Crippen LogP contribution in [0.1, 0.15) is 45.0 Å². The van der Waals surface area contributed by atoms with E-state index in [-0.39, 0.29) is 0 Å². The summed E-state index contributed by atoms with van der Waals surface area (Å²) in [6.45, 7) is 8.26. The van der Waals surface area contributed by atoms with Gasteiger partial charge in [0.15, 0.2) is 11.4 Å². The number of hydrogen-bond acceptors (Lipinski definition) is 4. The first-order chi connectivity index (χ1) is 8.49. The molecule has 5 heteroatoms. The Morgan fingerprint density at radius 2 is 2.06 bits per heavy atom. The van der Waals surface area contributed by atoms with E-state index in [4.69, 9.17) is 4.74 Å². The van der Waals surface area contributed by atoms with Gasteiger partial charge in [-0.2, -0.15) is 4.68 Å². The molecule has 0 spiro atoms. The van der Waals surface area contributed by atoms with Crippen molar-refractivity contribution in [1.82, 2.24) is 20.2 Å². The molecule has 1 aromatic carbocycles. The predicted molar refractivity (Wildman–Crippen MR) is 66.9 cm³/mol. The quantitative estimate of drug-likeness (QED) is 0.773. The smallest absolute Gasteiger partial charge is 0.199 e. The molecular formula is C13H16N4O. The molecule has 0 fully saturated rings. The minimum atomic E-state index is -0.504. The zero-order valence-electron chi connectivity index (χ0n) is 11.0. The summed E-state index contributed by atoms with van der Waals surface area (Å²) in [6, 6.07) is 6.18. The zero-order valence-corrected chi connectivity index (χ0v) is 11.0. The van der Waals surface area contributed by atoms with Gasteiger partial charge >= 0.3 is 0 Å². The molecule has 18 heavy (non-hydrogen) atoms. The van der Waals surface area contributed by atoms with Crippen LogP contribution in [0.4, 0.5) is 0 Å². The van der Waals surface area contributed by atoms with Crippen molar-refractivity contribution in [2.75, 3.05) is 0 Å². The van der Waals surface area contributed by atoms with Gasteiger partial charge in [0.2, 0.25) is 0 Å². The van der Waals surface area contributed by atoms with E-state index < -0.39 is 5.60 Å². The summed E-state index contributed by atoms with van der Waals surface area (Å²) >= 11 is 0. The molecular weight excluding hydrogens is 228 g/mol. The predicted octanol–water partition coefficient (Wildman–Crippen LogP) is 2.41. The van der Waals surface area contributed by atoms with Gasteiger partial charge in [-0.25, -0.2) is 0 Å². The second-order valence-corrected chi connectivity index (χ2v) is 5.41. The van der Waals surface area contributed by atoms with E-state index in [1.165, 1.54) is 5.56 Å². The lowest BCUT2D eigenvalue weighted by atomic mass is 10.0. The highest BCUT2D eigenvalue weighted by atomic mass is 16.5. The van der Waals surface area contributed by atoms with Crippen molar-refractivity contribution in [3.05, 3.63) is 29.6 Å². The van der Waals surface area contributed by atoms with Gasteiger partial charge in [-0.05, 0) is 47.9 Å². The van der Waals surface area contributed by atoms with Crippen molar-refractivity contribution >= 4 is 0 Å². The van der Waals surface area contributed by atoms with Gasteiger partial charge in [0, 0.05) is 0 Å². The average molecular weight is 244 g/mol. The van der Waals surface area contributed by atoms with Crippen LogP contribution in [0.2, 0.25) is 0 Å². The normalized spacial score (nSPS) is 16.1. The van der Waals surface area contributed by atoms with Crippen LogP contribution in [-0.2, 0) is 5.60 Å². The number of aromatic nitrogens is 4. The van der Waals surface area contributed by atoms with E-state index in [2.05, 4.69) is 41.5 Å². The Morgan fingerprint density at radius 3 is 2.78 bits per heavy atom. The molecule has 2 aromatic rings. The molecule has 0 N–H and O–H groups in total. The number of benzene rings is 1. The second-order valence-electron chi connectivity index (χ2n) is 5.41. The number of fused-ring (bicyclic) bond motifs is 3. The monoisotopic (exact) mass is 244 g/mol. The highest BCUT2D eigenvalue weighted by molar-refractivity contribution is 5.51. The van der Waals surface area contributed by atoms with E-state index in [0.717, 1.165) is 17.3 Å². The Hall–Kier alpha value is -1.91. The lowest BCUT2D eigenvalue weighted by molar-refractivity contribution is 0.0853. The number of tetrazole rings is 1. The second kappa shape index (κ2) is 3.54. The first-order valence-corrected chi connectivity index (χ1v) is 6.11. The fourth-order valence-corrected chi connectivity index (χ4v) is 2.19. The molecule has 1 aromatic heterocycles. The van der Waals surface area contributed by atoms with Crippen LogP contribution in [0.15, 0.2) is 18.2 Å². The van der Waals surface area contributed by atoms with Crippen LogP contribution in [0, 0.1) is 0 Å². The average Bonchev–Trinajstić information content (AvgIpc) is 2.78. The minimum absolute atomic E-state index is 0.463. The van der Waals surface area contributed by atoms with Crippen LogP contribution in [0.3, 0.4) is 0 Å². The number of rotatable bonds is 1. The summed E-state index contributed by atoms with van der Waals surface area (Å²) in [6.07, 6.45) is 0. The number of nitrogens with zero attached hydrogens (tertiary/aromatic N) is 4. The topological polar surface area (TPSA) is 52.8 Å². The van der Waals surface area contributed by atoms with Crippen LogP contribution in [0.5, 0.6) is 5.75 Å². The van der Waals surface area contributed by atoms with Gasteiger partial charge in [-0.15, -0.1) is 5.10 Å². The minimum Gasteiger partial charge on any atom is -0.478 e. The van der Waals surface area contributed by atoms with Crippen LogP contribution in [-0.4, -0.2) is 20.2 Å². The van der Waals surface area contributed by atoms with E-state index in [0.29, 0.717) is 5.92 Å². The molecule has 1 aliphatic rings. The van der Waals surface area contributed by atoms with Crippen molar-refractivity contribution in [3.8, 4) is 11.4 Å². The summed E-state index contributed by atoms with van der Waals surface area (Å²) in [5, 5.41) is 11.9. The Kier molecular flexibility index (Phi) is 2.20. The molecule has 0 radical (unpaired) electrons. The molecule has 94 valence electrons. The molecule has 0 aliphatic carbocycles. The first kappa shape index (κ1) is 11.2. The summed E-state index contributed by atoms with van der Waals surface area (Å²) in [5.74, 6) is 2.02. The molecule has 0 atom stereocenters. The molecule has 3 rings (SSSR count). The molecule has 0 saturated heterocycles. The third-order valence-corrected chi connectivity index (χ3v) is 3.25. The van der Waals surface area contributed by atoms with Crippen LogP contribution >= 0.6 is 0 Å². The molecule has 1 aliphatic heterocycles. The Morgan fingerprint density at radius 1 is 1.28 bits per heavy atom. The van der Waals surface area contributed by atoms with Gasteiger partial charge in [0.05, 0.1) is 0 Å². The Bertz CT molecular complexity index is 601. The van der Waals surface area contributed by atoms with Gasteiger partial charge in [0.25, 0.3) is 0 Å². The Labute approximate surface area is 106 Å². The SMILES string of the molecule is CC(C)c1ccc2c(c1)-n1nnnc1C(C)(C)O2. The van der Waals surface area contributed by atoms with Gasteiger partial charge in [-0.1, -0.05) is 19.9 Å². The summed E-state index contributed by atoms with van der Waals surface area (Å²) in [4.78, 5) is 0. The maximum atomic E-state index is 5.98. The van der Waals surface area contributed by atoms with Crippen molar-refractivity contribution in [1.29, 1.82) is 0 Å². The summed E-state index contributed by atoms with van der Waals surface area (Å²) in [5.41, 5.74) is 1.66. The number of ether oxygens (including phenoxy) is 1. The lowest BCUT2D eigenvalue weighted by Gasteiger charge is -2.31. The number of hydrogen-bond donors (Lipinski definition) is 0. The summed E-state index contributed by atoms with van der Waals surface area (Å²) < 4.78 is 7.74. The van der Waals surface area contributed by atoms with Gasteiger partial charge < -0.3 is 4.74 Å². The highest BCUT2D eigenvalue weighted by Crippen LogP contribution is 2.38. The largest absolute Gasteiger partial charge is 0.478 e. The molecule has 0 unspecified atom stereocenters. The molecule has 0 amide bonds. The summed E-state index contributed by atoms with van der Waals surface area (Å²) in [7, 11) is 0. The maximum Gasteiger partial charge on any atom is 0.199 e. The van der Waals surface area contributed by atoms with Crippen molar-refractivity contribution in [2.45, 2.75) is 39.2 Å². The van der Waals surface area contributed by atoms with Gasteiger partial charge in [0.1, 0.15) is 11.4 Å². The first-order valence-electron chi connectivity index (χ1n) is 6.11. The lowest BCUT2D eigenvalue weighted by Crippen LogP contribution is -2.33. The fraction of sp³-hybridized carbons (Fsp3) is 0.462. The van der Waals surface area contributed by atoms with Crippen molar-refractivity contribution in [2.24, 2.45) is 0 Å². The molecule has 2 heterocycles. The van der Waals surface area contributed by atoms with Crippen molar-refractivity contribution < 1.29 is 4.74 Å². The Balaban J connectivity index is 2.22. The standard InChI is InChI=1S/C13H16N4O/c1-8(2)9-5-6-11-10(7-9)17-12(14-15-16-17)13(3,4)18-11/h5-8H,1-4H3. The highest BCUT2D eigenvalue weighted by Gasteiger charge is 2.36. The maximum absolute atomic E-state index is 5.98. The van der Waals surface area contributed by atoms with E-state index in [9.17, 15) is 0 Å². The van der Waals surface area contributed by atoms with E-state index >= 15 is 0 Å². The third kappa shape index (κ3) is 1.50. The zero-order chi connectivity index (χ0) is 12.9. The van der Waals surface area contributed by atoms with Crippen LogP contribution in [0.25, 0.3) is 5.69 Å². The third-order valence-electron chi connectivity index (χ3n) is 3.25. The molecule has 0 bridgehead atoms. The molecule has 5 nitrogen and oxygen atoms in total. The van der Waals surface area contributed by atoms with Crippen molar-refractivity contribution in [3.63, 3.8) is 0 Å². The molecule has 0 saturated carbocycles. The van der Waals surface area contributed by atoms with E-state index in [1.54, 1.807) is 4.68 Å². The van der Waals surface area contributed by atoms with Crippen LogP contribution < -0.4 is 4.74 Å². The van der Waals surface area contributed by atoms with E-state index in [1.807, 2.05) is 19.9 Å².